The third-order valence-electron chi connectivity index (χ3n) is 1.47. The minimum atomic E-state index is -0.805. The molecule has 0 aliphatic rings. The van der Waals surface area contributed by atoms with Crippen molar-refractivity contribution in [2.45, 2.75) is 5.75 Å². The lowest BCUT2D eigenvalue weighted by Gasteiger charge is -1.99. The van der Waals surface area contributed by atoms with Gasteiger partial charge < -0.3 is 0 Å². The molecule has 1 rings (SSSR count). The maximum Gasteiger partial charge on any atom is 0.305 e. The second kappa shape index (κ2) is 4.43. The molecule has 0 heterocycles. The van der Waals surface area contributed by atoms with E-state index in [-0.39, 0.29) is 11.3 Å². The molecule has 1 aromatic carbocycles. The number of benzene rings is 1. The molecule has 0 N–H and O–H groups in total. The van der Waals surface area contributed by atoms with Crippen LogP contribution in [0.3, 0.4) is 0 Å². The van der Waals surface area contributed by atoms with Crippen LogP contribution in [0.5, 0.6) is 0 Å². The van der Waals surface area contributed by atoms with Crippen LogP contribution in [0.2, 0.25) is 0 Å². The molecule has 0 aromatic heterocycles. The van der Waals surface area contributed by atoms with Crippen molar-refractivity contribution in [3.63, 3.8) is 0 Å². The van der Waals surface area contributed by atoms with Gasteiger partial charge in [0.1, 0.15) is 0 Å². The van der Waals surface area contributed by atoms with Crippen molar-refractivity contribution < 1.29 is 9.31 Å². The largest absolute Gasteiger partial charge is 0.305 e. The molecule has 6 heteroatoms. The summed E-state index contributed by atoms with van der Waals surface area (Å²) in [6.45, 7) is 0. The number of hydrogen-bond donors (Lipinski definition) is 0. The van der Waals surface area contributed by atoms with Crippen LogP contribution in [0.25, 0.3) is 0 Å². The zero-order valence-corrected chi connectivity index (χ0v) is 7.94. The highest BCUT2D eigenvalue weighted by molar-refractivity contribution is 8.20. The van der Waals surface area contributed by atoms with Gasteiger partial charge in [-0.25, -0.2) is 0 Å². The van der Waals surface area contributed by atoms with Crippen LogP contribution in [0, 0.1) is 15.9 Å². The fraction of sp³-hybridized carbons (Fsp3) is 0.143. The Morgan fingerprint density at radius 3 is 2.85 bits per heavy atom. The normalized spacial score (nSPS) is 10.0. The van der Waals surface area contributed by atoms with Crippen molar-refractivity contribution in [2.24, 2.45) is 0 Å². The monoisotopic (exact) mass is 221 g/mol. The summed E-state index contributed by atoms with van der Waals surface area (Å²) >= 11 is 0. The van der Waals surface area contributed by atoms with E-state index in [2.05, 4.69) is 0 Å². The summed E-state index contributed by atoms with van der Waals surface area (Å²) in [4.78, 5) is 9.55. The first-order chi connectivity index (χ1) is 6.16. The van der Waals surface area contributed by atoms with E-state index < -0.39 is 16.4 Å². The third kappa shape index (κ3) is 2.32. The lowest BCUT2D eigenvalue weighted by atomic mass is 10.2. The minimum Gasteiger partial charge on any atom is -0.258 e. The van der Waals surface area contributed by atoms with E-state index in [1.54, 1.807) is 0 Å². The quantitative estimate of drug-likeness (QED) is 0.582. The molecule has 0 bridgehead atoms. The number of rotatable bonds is 3. The Kier molecular flexibility index (Phi) is 3.50. The van der Waals surface area contributed by atoms with E-state index in [1.807, 2.05) is 0 Å². The second-order valence-electron chi connectivity index (χ2n) is 2.26. The van der Waals surface area contributed by atoms with Crippen molar-refractivity contribution in [3.05, 3.63) is 39.7 Å². The van der Waals surface area contributed by atoms with Crippen LogP contribution in [-0.4, -0.2) is 4.92 Å². The summed E-state index contributed by atoms with van der Waals surface area (Å²) in [6, 6.07) is 4.03. The number of hydrogen-bond acceptors (Lipinski definition) is 3. The van der Waals surface area contributed by atoms with Crippen molar-refractivity contribution >= 4 is 27.3 Å². The first kappa shape index (κ1) is 10.3. The summed E-state index contributed by atoms with van der Waals surface area (Å²) in [6.07, 6.45) is 0. The summed E-state index contributed by atoms with van der Waals surface area (Å²) < 4.78 is 13.2. The highest BCUT2D eigenvalue weighted by Crippen LogP contribution is 2.24. The Balaban J connectivity index is 3.10. The van der Waals surface area contributed by atoms with E-state index in [1.165, 1.54) is 12.1 Å². The zero-order chi connectivity index (χ0) is 9.84. The second-order valence-corrected chi connectivity index (χ2v) is 3.42. The highest BCUT2D eigenvalue weighted by Gasteiger charge is 2.16. The average molecular weight is 222 g/mol. The summed E-state index contributed by atoms with van der Waals surface area (Å²) in [5, 5.41) is 10.3. The summed E-state index contributed by atoms with van der Waals surface area (Å²) in [5.74, 6) is -0.588. The SMILES string of the molecule is O=[N+]([O-])c1cccc(CSCl)c1F. The predicted molar refractivity (Wildman–Crippen MR) is 50.2 cm³/mol. The first-order valence-electron chi connectivity index (χ1n) is 3.32. The van der Waals surface area contributed by atoms with Gasteiger partial charge in [-0.2, -0.15) is 4.39 Å². The van der Waals surface area contributed by atoms with Gasteiger partial charge in [0.15, 0.2) is 0 Å². The fourth-order valence-corrected chi connectivity index (χ4v) is 1.57. The van der Waals surface area contributed by atoms with Gasteiger partial charge in [0.2, 0.25) is 5.82 Å². The maximum absolute atomic E-state index is 13.2. The van der Waals surface area contributed by atoms with Gasteiger partial charge in [-0.1, -0.05) is 23.1 Å². The van der Waals surface area contributed by atoms with Crippen LogP contribution in [0.15, 0.2) is 18.2 Å². The van der Waals surface area contributed by atoms with Crippen LogP contribution in [0.1, 0.15) is 5.56 Å². The van der Waals surface area contributed by atoms with Crippen LogP contribution >= 0.6 is 21.7 Å². The maximum atomic E-state index is 13.2. The van der Waals surface area contributed by atoms with E-state index in [0.29, 0.717) is 0 Å². The average Bonchev–Trinajstić information content (AvgIpc) is 2.08. The Bertz CT molecular complexity index is 334. The molecular weight excluding hydrogens is 217 g/mol. The zero-order valence-electron chi connectivity index (χ0n) is 6.37. The van der Waals surface area contributed by atoms with Gasteiger partial charge in [0.25, 0.3) is 0 Å². The van der Waals surface area contributed by atoms with Crippen LogP contribution in [0.4, 0.5) is 10.1 Å². The van der Waals surface area contributed by atoms with Gasteiger partial charge >= 0.3 is 5.69 Å². The van der Waals surface area contributed by atoms with Crippen molar-refractivity contribution in [1.29, 1.82) is 0 Å². The number of nitro groups is 1. The molecule has 0 atom stereocenters. The lowest BCUT2D eigenvalue weighted by Crippen LogP contribution is -1.95. The van der Waals surface area contributed by atoms with Gasteiger partial charge in [0.05, 0.1) is 4.92 Å². The Morgan fingerprint density at radius 2 is 2.31 bits per heavy atom. The molecule has 0 radical (unpaired) electrons. The standard InChI is InChI=1S/C7H5ClFNO2S/c8-13-4-5-2-1-3-6(7(5)9)10(11)12/h1-3H,4H2. The van der Waals surface area contributed by atoms with Gasteiger partial charge in [-0.05, 0) is 10.7 Å². The van der Waals surface area contributed by atoms with E-state index in [0.717, 1.165) is 17.0 Å². The molecule has 0 amide bonds. The van der Waals surface area contributed by atoms with Crippen molar-refractivity contribution in [3.8, 4) is 0 Å². The number of nitro benzene ring substituents is 1. The topological polar surface area (TPSA) is 43.1 Å². The number of halogens is 2. The lowest BCUT2D eigenvalue weighted by molar-refractivity contribution is -0.387. The molecule has 1 aromatic rings. The number of nitrogens with zero attached hydrogens (tertiary/aromatic N) is 1. The third-order valence-corrected chi connectivity index (χ3v) is 2.21. The Morgan fingerprint density at radius 1 is 1.62 bits per heavy atom. The van der Waals surface area contributed by atoms with Gasteiger partial charge in [-0.15, -0.1) is 0 Å². The molecule has 0 unspecified atom stereocenters. The molecule has 0 aliphatic heterocycles. The molecular formula is C7H5ClFNO2S. The predicted octanol–water partition coefficient (Wildman–Crippen LogP) is 3.12. The van der Waals surface area contributed by atoms with E-state index >= 15 is 0 Å². The first-order valence-corrected chi connectivity index (χ1v) is 5.13. The smallest absolute Gasteiger partial charge is 0.258 e. The summed E-state index contributed by atoms with van der Waals surface area (Å²) in [7, 11) is 6.22. The summed E-state index contributed by atoms with van der Waals surface area (Å²) in [5.41, 5.74) is -0.266. The molecule has 70 valence electrons. The minimum absolute atomic E-state index is 0.217. The Hall–Kier alpha value is -0.810. The van der Waals surface area contributed by atoms with Gasteiger partial charge in [0, 0.05) is 17.4 Å². The molecule has 13 heavy (non-hydrogen) atoms. The molecule has 0 saturated carbocycles. The van der Waals surface area contributed by atoms with E-state index in [4.69, 9.17) is 10.7 Å². The highest BCUT2D eigenvalue weighted by atomic mass is 35.7. The molecule has 0 saturated heterocycles. The molecule has 0 spiro atoms. The Labute approximate surface area is 82.5 Å². The van der Waals surface area contributed by atoms with Crippen molar-refractivity contribution in [1.82, 2.24) is 0 Å². The van der Waals surface area contributed by atoms with Gasteiger partial charge in [-0.3, -0.25) is 10.1 Å². The van der Waals surface area contributed by atoms with Crippen LogP contribution in [-0.2, 0) is 5.75 Å². The molecule has 0 aliphatic carbocycles. The van der Waals surface area contributed by atoms with E-state index in [9.17, 15) is 14.5 Å². The molecule has 0 fully saturated rings. The fourth-order valence-electron chi connectivity index (χ4n) is 0.877. The molecule has 3 nitrogen and oxygen atoms in total. The van der Waals surface area contributed by atoms with Crippen LogP contribution < -0.4 is 0 Å². The van der Waals surface area contributed by atoms with Crippen molar-refractivity contribution in [2.75, 3.05) is 0 Å².